The van der Waals surface area contributed by atoms with Crippen molar-refractivity contribution >= 4 is 23.2 Å². The Kier molecular flexibility index (Phi) is 5.74. The highest BCUT2D eigenvalue weighted by Crippen LogP contribution is 2.27. The van der Waals surface area contributed by atoms with Gasteiger partial charge in [-0.3, -0.25) is 0 Å². The molecular formula is C13H19Cl2NO. The lowest BCUT2D eigenvalue weighted by atomic mass is 9.96. The van der Waals surface area contributed by atoms with Gasteiger partial charge in [-0.1, -0.05) is 43.1 Å². The number of aliphatic hydroxyl groups is 1. The van der Waals surface area contributed by atoms with Crippen LogP contribution < -0.4 is 5.73 Å². The molecule has 1 aromatic rings. The first-order chi connectivity index (χ1) is 7.91. The van der Waals surface area contributed by atoms with Crippen LogP contribution >= 0.6 is 23.2 Å². The maximum absolute atomic E-state index is 9.98. The molecule has 2 atom stereocenters. The maximum atomic E-state index is 9.98. The zero-order valence-electron chi connectivity index (χ0n) is 10.2. The standard InChI is InChI=1S/C13H19Cl2NO/c1-8(2)3-6-12(17)13(16)9-4-5-10(14)11(15)7-9/h4-5,7-8,12-13,17H,3,6,16H2,1-2H3/t12-,13+/m0/s1. The maximum Gasteiger partial charge on any atom is 0.0732 e. The van der Waals surface area contributed by atoms with Crippen LogP contribution in [0.2, 0.25) is 10.0 Å². The van der Waals surface area contributed by atoms with Crippen molar-refractivity contribution in [3.63, 3.8) is 0 Å². The minimum absolute atomic E-state index is 0.413. The average molecular weight is 276 g/mol. The van der Waals surface area contributed by atoms with Gasteiger partial charge in [0.15, 0.2) is 0 Å². The Morgan fingerprint density at radius 2 is 1.82 bits per heavy atom. The van der Waals surface area contributed by atoms with Crippen LogP contribution in [0, 0.1) is 5.92 Å². The summed E-state index contributed by atoms with van der Waals surface area (Å²) in [4.78, 5) is 0. The van der Waals surface area contributed by atoms with Crippen molar-refractivity contribution in [2.75, 3.05) is 0 Å². The number of hydrogen-bond acceptors (Lipinski definition) is 2. The molecule has 0 heterocycles. The summed E-state index contributed by atoms with van der Waals surface area (Å²) in [5, 5.41) is 10.9. The Labute approximate surface area is 113 Å². The summed E-state index contributed by atoms with van der Waals surface area (Å²) in [6, 6.07) is 4.81. The van der Waals surface area contributed by atoms with E-state index < -0.39 is 12.1 Å². The van der Waals surface area contributed by atoms with Gasteiger partial charge >= 0.3 is 0 Å². The Hall–Kier alpha value is -0.280. The molecule has 2 nitrogen and oxygen atoms in total. The van der Waals surface area contributed by atoms with Gasteiger partial charge in [0.1, 0.15) is 0 Å². The fraction of sp³-hybridized carbons (Fsp3) is 0.538. The van der Waals surface area contributed by atoms with Crippen LogP contribution in [0.4, 0.5) is 0 Å². The fourth-order valence-electron chi connectivity index (χ4n) is 1.63. The molecule has 4 heteroatoms. The molecule has 0 unspecified atom stereocenters. The molecule has 0 aliphatic rings. The van der Waals surface area contributed by atoms with E-state index in [2.05, 4.69) is 13.8 Å². The second-order valence-corrected chi connectivity index (χ2v) is 5.55. The Bertz CT molecular complexity index is 368. The van der Waals surface area contributed by atoms with Gasteiger partial charge in [-0.2, -0.15) is 0 Å². The van der Waals surface area contributed by atoms with Crippen LogP contribution in [0.1, 0.15) is 38.3 Å². The molecule has 0 bridgehead atoms. The summed E-state index contributed by atoms with van der Waals surface area (Å²) in [5.74, 6) is 0.561. The van der Waals surface area contributed by atoms with Crippen molar-refractivity contribution < 1.29 is 5.11 Å². The molecular weight excluding hydrogens is 257 g/mol. The van der Waals surface area contributed by atoms with Crippen molar-refractivity contribution in [1.82, 2.24) is 0 Å². The van der Waals surface area contributed by atoms with E-state index >= 15 is 0 Å². The van der Waals surface area contributed by atoms with Crippen LogP contribution in [0.5, 0.6) is 0 Å². The summed E-state index contributed by atoms with van der Waals surface area (Å²) >= 11 is 11.8. The highest BCUT2D eigenvalue weighted by molar-refractivity contribution is 6.42. The minimum atomic E-state index is -0.547. The normalized spacial score (nSPS) is 15.0. The van der Waals surface area contributed by atoms with Gasteiger partial charge < -0.3 is 10.8 Å². The van der Waals surface area contributed by atoms with E-state index in [1.807, 2.05) is 0 Å². The van der Waals surface area contributed by atoms with Crippen molar-refractivity contribution in [3.8, 4) is 0 Å². The van der Waals surface area contributed by atoms with E-state index in [0.29, 0.717) is 22.4 Å². The van der Waals surface area contributed by atoms with E-state index in [1.54, 1.807) is 18.2 Å². The largest absolute Gasteiger partial charge is 0.391 e. The van der Waals surface area contributed by atoms with Gasteiger partial charge in [-0.15, -0.1) is 0 Å². The Morgan fingerprint density at radius 1 is 1.18 bits per heavy atom. The van der Waals surface area contributed by atoms with E-state index in [-0.39, 0.29) is 0 Å². The van der Waals surface area contributed by atoms with Crippen LogP contribution in [0.3, 0.4) is 0 Å². The third kappa shape index (κ3) is 4.47. The minimum Gasteiger partial charge on any atom is -0.391 e. The number of benzene rings is 1. The highest BCUT2D eigenvalue weighted by atomic mass is 35.5. The summed E-state index contributed by atoms with van der Waals surface area (Å²) in [6.45, 7) is 4.24. The summed E-state index contributed by atoms with van der Waals surface area (Å²) < 4.78 is 0. The molecule has 0 aliphatic carbocycles. The number of hydrogen-bond donors (Lipinski definition) is 2. The lowest BCUT2D eigenvalue weighted by Crippen LogP contribution is -2.26. The number of nitrogens with two attached hydrogens (primary N) is 1. The molecule has 0 fully saturated rings. The molecule has 17 heavy (non-hydrogen) atoms. The van der Waals surface area contributed by atoms with Gasteiger partial charge in [0.25, 0.3) is 0 Å². The molecule has 1 aromatic carbocycles. The van der Waals surface area contributed by atoms with Gasteiger partial charge in [-0.05, 0) is 36.5 Å². The summed E-state index contributed by atoms with van der Waals surface area (Å²) in [5.41, 5.74) is 6.81. The fourth-order valence-corrected chi connectivity index (χ4v) is 1.93. The molecule has 0 saturated carbocycles. The SMILES string of the molecule is CC(C)CC[C@H](O)[C@H](N)c1ccc(Cl)c(Cl)c1. The molecule has 0 spiro atoms. The predicted molar refractivity (Wildman–Crippen MR) is 73.5 cm³/mol. The third-order valence-electron chi connectivity index (χ3n) is 2.78. The van der Waals surface area contributed by atoms with Crippen LogP contribution in [-0.2, 0) is 0 Å². The monoisotopic (exact) mass is 275 g/mol. The van der Waals surface area contributed by atoms with Gasteiger partial charge in [-0.25, -0.2) is 0 Å². The second-order valence-electron chi connectivity index (χ2n) is 4.74. The van der Waals surface area contributed by atoms with Crippen LogP contribution in [0.15, 0.2) is 18.2 Å². The molecule has 0 saturated heterocycles. The summed E-state index contributed by atoms with van der Waals surface area (Å²) in [6.07, 6.45) is 1.10. The quantitative estimate of drug-likeness (QED) is 0.859. The zero-order chi connectivity index (χ0) is 13.0. The molecule has 0 aliphatic heterocycles. The van der Waals surface area contributed by atoms with E-state index in [9.17, 15) is 5.11 Å². The molecule has 0 aromatic heterocycles. The van der Waals surface area contributed by atoms with Crippen LogP contribution in [-0.4, -0.2) is 11.2 Å². The molecule has 0 radical (unpaired) electrons. The van der Waals surface area contributed by atoms with E-state index in [4.69, 9.17) is 28.9 Å². The Morgan fingerprint density at radius 3 is 2.35 bits per heavy atom. The zero-order valence-corrected chi connectivity index (χ0v) is 11.7. The van der Waals surface area contributed by atoms with E-state index in [1.165, 1.54) is 0 Å². The first-order valence-corrected chi connectivity index (χ1v) is 6.56. The molecule has 3 N–H and O–H groups in total. The van der Waals surface area contributed by atoms with Crippen molar-refractivity contribution in [2.24, 2.45) is 11.7 Å². The lowest BCUT2D eigenvalue weighted by Gasteiger charge is -2.20. The van der Waals surface area contributed by atoms with Crippen molar-refractivity contribution in [1.29, 1.82) is 0 Å². The molecule has 96 valence electrons. The van der Waals surface area contributed by atoms with Crippen LogP contribution in [0.25, 0.3) is 0 Å². The highest BCUT2D eigenvalue weighted by Gasteiger charge is 2.17. The first-order valence-electron chi connectivity index (χ1n) is 5.80. The van der Waals surface area contributed by atoms with Gasteiger partial charge in [0, 0.05) is 0 Å². The van der Waals surface area contributed by atoms with Gasteiger partial charge in [0.05, 0.1) is 22.2 Å². The predicted octanol–water partition coefficient (Wildman–Crippen LogP) is 3.79. The second kappa shape index (κ2) is 6.60. The van der Waals surface area contributed by atoms with Crippen molar-refractivity contribution in [2.45, 2.75) is 38.8 Å². The lowest BCUT2D eigenvalue weighted by molar-refractivity contribution is 0.128. The van der Waals surface area contributed by atoms with Crippen molar-refractivity contribution in [3.05, 3.63) is 33.8 Å². The molecule has 0 amide bonds. The summed E-state index contributed by atoms with van der Waals surface area (Å²) in [7, 11) is 0. The molecule has 1 rings (SSSR count). The number of rotatable bonds is 5. The van der Waals surface area contributed by atoms with E-state index in [0.717, 1.165) is 12.0 Å². The first kappa shape index (κ1) is 14.8. The topological polar surface area (TPSA) is 46.2 Å². The average Bonchev–Trinajstić information content (AvgIpc) is 2.28. The Balaban J connectivity index is 2.67. The third-order valence-corrected chi connectivity index (χ3v) is 3.52. The number of aliphatic hydroxyl groups excluding tert-OH is 1. The number of halogens is 2. The smallest absolute Gasteiger partial charge is 0.0732 e. The van der Waals surface area contributed by atoms with Gasteiger partial charge in [0.2, 0.25) is 0 Å².